The maximum atomic E-state index is 12.7. The van der Waals surface area contributed by atoms with Crippen LogP contribution in [0.3, 0.4) is 0 Å². The van der Waals surface area contributed by atoms with Gasteiger partial charge in [0, 0.05) is 5.56 Å². The van der Waals surface area contributed by atoms with Crippen LogP contribution in [0.5, 0.6) is 5.75 Å². The van der Waals surface area contributed by atoms with Crippen molar-refractivity contribution in [2.24, 2.45) is 4.99 Å². The molecule has 3 aromatic rings. The summed E-state index contributed by atoms with van der Waals surface area (Å²) >= 11 is 1.36. The number of hydrogen-bond donors (Lipinski definition) is 1. The van der Waals surface area contributed by atoms with Gasteiger partial charge in [-0.25, -0.2) is 4.99 Å². The Hall–Kier alpha value is -3.05. The second-order valence-electron chi connectivity index (χ2n) is 7.32. The molecule has 0 radical (unpaired) electrons. The number of nitrogens with one attached hydrogen (secondary N) is 1. The molecule has 0 aromatic heterocycles. The molecule has 4 nitrogen and oxygen atoms in total. The highest BCUT2D eigenvalue weighted by molar-refractivity contribution is 8.18. The highest BCUT2D eigenvalue weighted by atomic mass is 32.2. The van der Waals surface area contributed by atoms with Crippen LogP contribution in [-0.4, -0.2) is 17.7 Å². The van der Waals surface area contributed by atoms with Crippen LogP contribution in [0.25, 0.3) is 16.8 Å². The number of fused-ring (bicyclic) bond motifs is 1. The molecule has 1 aliphatic rings. The number of amidine groups is 1. The number of benzene rings is 3. The molecule has 1 heterocycles. The van der Waals surface area contributed by atoms with Gasteiger partial charge in [0.15, 0.2) is 5.17 Å². The van der Waals surface area contributed by atoms with Crippen LogP contribution < -0.4 is 10.1 Å². The van der Waals surface area contributed by atoms with Gasteiger partial charge >= 0.3 is 0 Å². The Labute approximate surface area is 181 Å². The lowest BCUT2D eigenvalue weighted by molar-refractivity contribution is -0.115. The van der Waals surface area contributed by atoms with Crippen molar-refractivity contribution in [1.29, 1.82) is 0 Å². The maximum Gasteiger partial charge on any atom is 0.264 e. The van der Waals surface area contributed by atoms with Crippen LogP contribution in [0.4, 0.5) is 5.69 Å². The minimum absolute atomic E-state index is 0.141. The molecular weight excluding hydrogens is 392 g/mol. The van der Waals surface area contributed by atoms with Gasteiger partial charge in [-0.1, -0.05) is 55.0 Å². The van der Waals surface area contributed by atoms with Crippen molar-refractivity contribution in [2.45, 2.75) is 27.2 Å². The van der Waals surface area contributed by atoms with E-state index in [1.54, 1.807) is 0 Å². The zero-order chi connectivity index (χ0) is 21.1. The lowest BCUT2D eigenvalue weighted by atomic mass is 10.0. The average molecular weight is 417 g/mol. The quantitative estimate of drug-likeness (QED) is 0.509. The molecule has 1 saturated heterocycles. The summed E-state index contributed by atoms with van der Waals surface area (Å²) in [7, 11) is 0. The second-order valence-corrected chi connectivity index (χ2v) is 8.35. The number of carbonyl (C=O) groups excluding carboxylic acids is 1. The maximum absolute atomic E-state index is 12.7. The lowest BCUT2D eigenvalue weighted by Crippen LogP contribution is -2.19. The van der Waals surface area contributed by atoms with Gasteiger partial charge in [-0.05, 0) is 66.6 Å². The Bertz CT molecular complexity index is 1180. The Morgan fingerprint density at radius 1 is 1.10 bits per heavy atom. The number of thioether (sulfide) groups is 1. The molecule has 0 unspecified atom stereocenters. The highest BCUT2D eigenvalue weighted by Crippen LogP contribution is 2.35. The minimum Gasteiger partial charge on any atom is -0.493 e. The van der Waals surface area contributed by atoms with Crippen molar-refractivity contribution in [2.75, 3.05) is 6.61 Å². The molecular formula is C25H24N2O2S. The molecule has 152 valence electrons. The fourth-order valence-corrected chi connectivity index (χ4v) is 4.23. The number of hydrogen-bond acceptors (Lipinski definition) is 4. The van der Waals surface area contributed by atoms with Crippen molar-refractivity contribution < 1.29 is 9.53 Å². The molecule has 0 aliphatic carbocycles. The molecule has 1 N–H and O–H groups in total. The van der Waals surface area contributed by atoms with Crippen LogP contribution >= 0.6 is 11.8 Å². The third-order valence-corrected chi connectivity index (χ3v) is 5.80. The summed E-state index contributed by atoms with van der Waals surface area (Å²) in [5.41, 5.74) is 4.06. The zero-order valence-electron chi connectivity index (χ0n) is 17.4. The molecule has 1 aliphatic heterocycles. The van der Waals surface area contributed by atoms with Crippen LogP contribution in [0.15, 0.2) is 64.5 Å². The number of amides is 1. The Morgan fingerprint density at radius 3 is 2.73 bits per heavy atom. The van der Waals surface area contributed by atoms with E-state index in [1.807, 2.05) is 43.3 Å². The number of aryl methyl sites for hydroxylation is 2. The first-order valence-corrected chi connectivity index (χ1v) is 10.9. The van der Waals surface area contributed by atoms with Gasteiger partial charge in [-0.2, -0.15) is 0 Å². The van der Waals surface area contributed by atoms with Crippen molar-refractivity contribution in [3.8, 4) is 5.75 Å². The predicted octanol–water partition coefficient (Wildman–Crippen LogP) is 6.14. The van der Waals surface area contributed by atoms with Gasteiger partial charge < -0.3 is 10.1 Å². The van der Waals surface area contributed by atoms with E-state index in [2.05, 4.69) is 48.4 Å². The van der Waals surface area contributed by atoms with E-state index in [4.69, 9.17) is 4.74 Å². The van der Waals surface area contributed by atoms with E-state index in [0.717, 1.165) is 39.8 Å². The fourth-order valence-electron chi connectivity index (χ4n) is 3.41. The molecule has 1 fully saturated rings. The topological polar surface area (TPSA) is 50.7 Å². The Kier molecular flexibility index (Phi) is 5.91. The summed E-state index contributed by atoms with van der Waals surface area (Å²) in [6, 6.07) is 18.3. The number of ether oxygens (including phenoxy) is 1. The van der Waals surface area contributed by atoms with Crippen LogP contribution in [0, 0.1) is 13.8 Å². The largest absolute Gasteiger partial charge is 0.493 e. The normalized spacial score (nSPS) is 16.4. The van der Waals surface area contributed by atoms with Gasteiger partial charge in [-0.15, -0.1) is 0 Å². The van der Waals surface area contributed by atoms with Gasteiger partial charge in [-0.3, -0.25) is 4.79 Å². The summed E-state index contributed by atoms with van der Waals surface area (Å²) in [5.74, 6) is 0.647. The number of carbonyl (C=O) groups is 1. The van der Waals surface area contributed by atoms with Crippen molar-refractivity contribution in [1.82, 2.24) is 5.32 Å². The lowest BCUT2D eigenvalue weighted by Gasteiger charge is -2.11. The van der Waals surface area contributed by atoms with E-state index in [1.165, 1.54) is 17.3 Å². The molecule has 3 aromatic carbocycles. The summed E-state index contributed by atoms with van der Waals surface area (Å²) < 4.78 is 5.97. The Balaban J connectivity index is 1.72. The van der Waals surface area contributed by atoms with Gasteiger partial charge in [0.2, 0.25) is 0 Å². The van der Waals surface area contributed by atoms with Crippen LogP contribution in [-0.2, 0) is 4.79 Å². The molecule has 5 heteroatoms. The molecule has 0 saturated carbocycles. The summed E-state index contributed by atoms with van der Waals surface area (Å²) in [5, 5.41) is 5.66. The van der Waals surface area contributed by atoms with Crippen LogP contribution in [0.2, 0.25) is 0 Å². The minimum atomic E-state index is -0.141. The Morgan fingerprint density at radius 2 is 1.93 bits per heavy atom. The molecule has 0 atom stereocenters. The molecule has 1 amide bonds. The monoisotopic (exact) mass is 416 g/mol. The van der Waals surface area contributed by atoms with Gasteiger partial charge in [0.25, 0.3) is 5.91 Å². The molecule has 4 rings (SSSR count). The SMILES string of the molecule is CCCOc1ccc2ccccc2c1/C=C1\SC(=Nc2ccc(C)cc2C)NC1=O. The van der Waals surface area contributed by atoms with Crippen molar-refractivity contribution >= 4 is 45.4 Å². The average Bonchev–Trinajstić information content (AvgIpc) is 3.08. The van der Waals surface area contributed by atoms with Crippen LogP contribution in [0.1, 0.15) is 30.0 Å². The zero-order valence-corrected chi connectivity index (χ0v) is 18.2. The predicted molar refractivity (Wildman–Crippen MR) is 126 cm³/mol. The van der Waals surface area contributed by atoms with E-state index < -0.39 is 0 Å². The van der Waals surface area contributed by atoms with Crippen molar-refractivity contribution in [3.05, 3.63) is 76.2 Å². The van der Waals surface area contributed by atoms with Crippen molar-refractivity contribution in [3.63, 3.8) is 0 Å². The number of rotatable bonds is 5. The summed E-state index contributed by atoms with van der Waals surface area (Å²) in [6.07, 6.45) is 2.84. The summed E-state index contributed by atoms with van der Waals surface area (Å²) in [4.78, 5) is 17.9. The van der Waals surface area contributed by atoms with Gasteiger partial charge in [0.05, 0.1) is 17.2 Å². The van der Waals surface area contributed by atoms with E-state index in [9.17, 15) is 4.79 Å². The fraction of sp³-hybridized carbons (Fsp3) is 0.200. The first kappa shape index (κ1) is 20.2. The van der Waals surface area contributed by atoms with Gasteiger partial charge in [0.1, 0.15) is 5.75 Å². The number of nitrogens with zero attached hydrogens (tertiary/aromatic N) is 1. The third-order valence-electron chi connectivity index (χ3n) is 4.89. The molecule has 0 spiro atoms. The first-order valence-electron chi connectivity index (χ1n) is 10.1. The second kappa shape index (κ2) is 8.76. The third kappa shape index (κ3) is 4.26. The first-order chi connectivity index (χ1) is 14.5. The van der Waals surface area contributed by atoms with E-state index in [0.29, 0.717) is 16.7 Å². The van der Waals surface area contributed by atoms with E-state index >= 15 is 0 Å². The standard InChI is InChI=1S/C25H24N2O2S/c1-4-13-29-22-12-10-18-7-5-6-8-19(18)20(22)15-23-24(28)27-25(30-23)26-21-11-9-16(2)14-17(21)3/h5-12,14-15H,4,13H2,1-3H3,(H,26,27,28)/b23-15-. The highest BCUT2D eigenvalue weighted by Gasteiger charge is 2.25. The number of aliphatic imine (C=N–C) groups is 1. The smallest absolute Gasteiger partial charge is 0.264 e. The van der Waals surface area contributed by atoms with E-state index in [-0.39, 0.29) is 5.91 Å². The molecule has 0 bridgehead atoms. The summed E-state index contributed by atoms with van der Waals surface area (Å²) in [6.45, 7) is 6.79. The molecule has 30 heavy (non-hydrogen) atoms.